The molecule has 1 aliphatic heterocycles. The average molecular weight is 481 g/mol. The fraction of sp³-hybridized carbons (Fsp3) is 0.185. The summed E-state index contributed by atoms with van der Waals surface area (Å²) < 4.78 is 7.62. The highest BCUT2D eigenvalue weighted by molar-refractivity contribution is 6.02. The quantitative estimate of drug-likeness (QED) is 0.452. The molecule has 2 amide bonds. The first kappa shape index (κ1) is 23.1. The second kappa shape index (κ2) is 9.52. The molecule has 9 nitrogen and oxygen atoms in total. The van der Waals surface area contributed by atoms with E-state index in [9.17, 15) is 14.9 Å². The number of amides is 2. The molecule has 1 aliphatic rings. The van der Waals surface area contributed by atoms with Crippen LogP contribution in [-0.2, 0) is 16.1 Å². The van der Waals surface area contributed by atoms with Crippen molar-refractivity contribution in [3.8, 4) is 17.5 Å². The highest BCUT2D eigenvalue weighted by Gasteiger charge is 2.33. The molecule has 1 aromatic heterocycles. The molecule has 4 aromatic rings. The maximum atomic E-state index is 13.7. The summed E-state index contributed by atoms with van der Waals surface area (Å²) in [6, 6.07) is 20.8. The van der Waals surface area contributed by atoms with E-state index in [1.807, 2.05) is 54.6 Å². The minimum atomic E-state index is -0.889. The van der Waals surface area contributed by atoms with E-state index < -0.39 is 18.0 Å². The van der Waals surface area contributed by atoms with Gasteiger partial charge in [-0.15, -0.1) is 0 Å². The molecule has 0 radical (unpaired) electrons. The Morgan fingerprint density at radius 3 is 2.69 bits per heavy atom. The van der Waals surface area contributed by atoms with Crippen LogP contribution < -0.4 is 20.7 Å². The van der Waals surface area contributed by atoms with Gasteiger partial charge in [0.2, 0.25) is 5.91 Å². The molecule has 0 unspecified atom stereocenters. The molecule has 0 saturated heterocycles. The lowest BCUT2D eigenvalue weighted by molar-refractivity contribution is -0.128. The predicted octanol–water partition coefficient (Wildman–Crippen LogP) is 2.65. The maximum absolute atomic E-state index is 13.7. The first-order valence-electron chi connectivity index (χ1n) is 11.5. The van der Waals surface area contributed by atoms with E-state index in [0.717, 1.165) is 16.5 Å². The van der Waals surface area contributed by atoms with Crippen molar-refractivity contribution in [2.24, 2.45) is 5.73 Å². The van der Waals surface area contributed by atoms with Gasteiger partial charge in [0, 0.05) is 5.39 Å². The lowest BCUT2D eigenvalue weighted by atomic mass is 10.1. The standard InChI is InChI=1S/C27H24N6O3/c1-17(29)26(34)31-21-16-36-25-12-5-4-10-24(25)32(27(21)35)15-19-8-6-11-23-20(19)14-30-33(23)22-9-3-2-7-18(22)13-28/h2-12,14,17,21H,15-16,29H2,1H3,(H,31,34)/t17-,21-/m0/s1. The minimum absolute atomic E-state index is 0.00210. The molecule has 3 N–H and O–H groups in total. The van der Waals surface area contributed by atoms with E-state index >= 15 is 0 Å². The summed E-state index contributed by atoms with van der Waals surface area (Å²) in [5, 5.41) is 17.6. The predicted molar refractivity (Wildman–Crippen MR) is 134 cm³/mol. The van der Waals surface area contributed by atoms with Gasteiger partial charge in [-0.3, -0.25) is 9.59 Å². The number of hydrogen-bond donors (Lipinski definition) is 2. The van der Waals surface area contributed by atoms with E-state index in [2.05, 4.69) is 16.5 Å². The normalized spacial score (nSPS) is 16.0. The van der Waals surface area contributed by atoms with Gasteiger partial charge in [0.15, 0.2) is 0 Å². The molecular weight excluding hydrogens is 456 g/mol. The van der Waals surface area contributed by atoms with E-state index in [1.165, 1.54) is 0 Å². The summed E-state index contributed by atoms with van der Waals surface area (Å²) >= 11 is 0. The number of nitrogens with two attached hydrogens (primary N) is 1. The number of hydrogen-bond acceptors (Lipinski definition) is 6. The number of nitriles is 1. The van der Waals surface area contributed by atoms with Crippen molar-refractivity contribution in [3.05, 3.63) is 84.1 Å². The Bertz CT molecular complexity index is 1500. The van der Waals surface area contributed by atoms with Gasteiger partial charge < -0.3 is 20.7 Å². The van der Waals surface area contributed by atoms with Crippen molar-refractivity contribution in [3.63, 3.8) is 0 Å². The van der Waals surface area contributed by atoms with E-state index in [-0.39, 0.29) is 19.1 Å². The van der Waals surface area contributed by atoms with Gasteiger partial charge in [-0.2, -0.15) is 10.4 Å². The Labute approximate surface area is 207 Å². The van der Waals surface area contributed by atoms with Gasteiger partial charge in [-0.25, -0.2) is 4.68 Å². The summed E-state index contributed by atoms with van der Waals surface area (Å²) in [7, 11) is 0. The number of anilines is 1. The van der Waals surface area contributed by atoms with Crippen LogP contribution in [0.3, 0.4) is 0 Å². The van der Waals surface area contributed by atoms with Crippen LogP contribution in [0.4, 0.5) is 5.69 Å². The van der Waals surface area contributed by atoms with Crippen LogP contribution in [0.2, 0.25) is 0 Å². The fourth-order valence-corrected chi connectivity index (χ4v) is 4.29. The third kappa shape index (κ3) is 4.15. The molecule has 2 heterocycles. The van der Waals surface area contributed by atoms with Gasteiger partial charge in [-0.05, 0) is 42.8 Å². The number of carbonyl (C=O) groups is 2. The van der Waals surface area contributed by atoms with Crippen molar-refractivity contribution in [1.82, 2.24) is 15.1 Å². The Hall–Kier alpha value is -4.68. The Balaban J connectivity index is 1.55. The molecule has 180 valence electrons. The molecule has 0 bridgehead atoms. The highest BCUT2D eigenvalue weighted by Crippen LogP contribution is 2.33. The molecule has 9 heteroatoms. The number of para-hydroxylation sites is 3. The van der Waals surface area contributed by atoms with E-state index in [4.69, 9.17) is 10.5 Å². The number of nitrogens with one attached hydrogen (secondary N) is 1. The number of rotatable bonds is 5. The Morgan fingerprint density at radius 1 is 1.17 bits per heavy atom. The minimum Gasteiger partial charge on any atom is -0.489 e. The molecule has 36 heavy (non-hydrogen) atoms. The van der Waals surface area contributed by atoms with Gasteiger partial charge in [-0.1, -0.05) is 36.4 Å². The number of nitrogens with zero attached hydrogens (tertiary/aromatic N) is 4. The van der Waals surface area contributed by atoms with Gasteiger partial charge in [0.1, 0.15) is 24.5 Å². The number of carbonyl (C=O) groups excluding carboxylic acids is 2. The Kier molecular flexibility index (Phi) is 6.10. The fourth-order valence-electron chi connectivity index (χ4n) is 4.29. The lowest BCUT2D eigenvalue weighted by Gasteiger charge is -2.25. The van der Waals surface area contributed by atoms with Crippen LogP contribution in [0.5, 0.6) is 5.75 Å². The Morgan fingerprint density at radius 2 is 1.92 bits per heavy atom. The van der Waals surface area contributed by atoms with Crippen LogP contribution in [0, 0.1) is 11.3 Å². The zero-order valence-electron chi connectivity index (χ0n) is 19.6. The summed E-state index contributed by atoms with van der Waals surface area (Å²) in [5.74, 6) is -0.176. The van der Waals surface area contributed by atoms with Crippen LogP contribution >= 0.6 is 0 Å². The van der Waals surface area contributed by atoms with Gasteiger partial charge in [0.25, 0.3) is 5.91 Å². The molecule has 0 fully saturated rings. The monoisotopic (exact) mass is 480 g/mol. The molecule has 3 aromatic carbocycles. The molecule has 2 atom stereocenters. The SMILES string of the molecule is C[C@H](N)C(=O)N[C@H]1COc2ccccc2N(Cc2cccc3c2cnn3-c2ccccc2C#N)C1=O. The van der Waals surface area contributed by atoms with Crippen LogP contribution in [0.25, 0.3) is 16.6 Å². The summed E-state index contributed by atoms with van der Waals surface area (Å²) in [6.45, 7) is 1.79. The lowest BCUT2D eigenvalue weighted by Crippen LogP contribution is -2.53. The second-order valence-electron chi connectivity index (χ2n) is 8.59. The smallest absolute Gasteiger partial charge is 0.253 e. The van der Waals surface area contributed by atoms with Crippen LogP contribution in [-0.4, -0.2) is 40.3 Å². The van der Waals surface area contributed by atoms with Crippen LogP contribution in [0.15, 0.2) is 72.9 Å². The molecule has 0 spiro atoms. The zero-order valence-corrected chi connectivity index (χ0v) is 19.6. The van der Waals surface area contributed by atoms with Crippen molar-refractivity contribution < 1.29 is 14.3 Å². The summed E-state index contributed by atoms with van der Waals surface area (Å²) in [6.07, 6.45) is 1.74. The number of aromatic nitrogens is 2. The molecule has 0 aliphatic carbocycles. The topological polar surface area (TPSA) is 126 Å². The van der Waals surface area contributed by atoms with Crippen molar-refractivity contribution >= 4 is 28.4 Å². The van der Waals surface area contributed by atoms with Crippen LogP contribution in [0.1, 0.15) is 18.1 Å². The van der Waals surface area contributed by atoms with Crippen molar-refractivity contribution in [2.45, 2.75) is 25.6 Å². The largest absolute Gasteiger partial charge is 0.489 e. The third-order valence-corrected chi connectivity index (χ3v) is 6.14. The second-order valence-corrected chi connectivity index (χ2v) is 8.59. The molecular formula is C27H24N6O3. The number of benzene rings is 3. The maximum Gasteiger partial charge on any atom is 0.253 e. The first-order chi connectivity index (χ1) is 17.5. The highest BCUT2D eigenvalue weighted by atomic mass is 16.5. The van der Waals surface area contributed by atoms with E-state index in [1.54, 1.807) is 34.8 Å². The zero-order chi connectivity index (χ0) is 25.2. The number of ether oxygens (including phenoxy) is 1. The van der Waals surface area contributed by atoms with Gasteiger partial charge >= 0.3 is 0 Å². The van der Waals surface area contributed by atoms with E-state index in [0.29, 0.717) is 22.7 Å². The molecule has 0 saturated carbocycles. The summed E-state index contributed by atoms with van der Waals surface area (Å²) in [4.78, 5) is 27.5. The summed E-state index contributed by atoms with van der Waals surface area (Å²) in [5.41, 5.74) is 9.17. The average Bonchev–Trinajstić information content (AvgIpc) is 3.29. The van der Waals surface area contributed by atoms with Gasteiger partial charge in [0.05, 0.1) is 41.2 Å². The first-order valence-corrected chi connectivity index (χ1v) is 11.5. The molecule has 5 rings (SSSR count). The van der Waals surface area contributed by atoms with Crippen molar-refractivity contribution in [1.29, 1.82) is 5.26 Å². The third-order valence-electron chi connectivity index (χ3n) is 6.14. The number of fused-ring (bicyclic) bond motifs is 2. The van der Waals surface area contributed by atoms with Crippen molar-refractivity contribution in [2.75, 3.05) is 11.5 Å².